The molecule has 0 radical (unpaired) electrons. The second kappa shape index (κ2) is 6.90. The van der Waals surface area contributed by atoms with Gasteiger partial charge in [0, 0.05) is 29.6 Å². The van der Waals surface area contributed by atoms with Gasteiger partial charge in [-0.25, -0.2) is 0 Å². The van der Waals surface area contributed by atoms with Crippen molar-refractivity contribution in [3.63, 3.8) is 0 Å². The van der Waals surface area contributed by atoms with Gasteiger partial charge >= 0.3 is 0 Å². The lowest BCUT2D eigenvalue weighted by Gasteiger charge is -2.10. The minimum atomic E-state index is -0.227. The number of pyridine rings is 1. The number of carbonyl (C=O) groups excluding carboxylic acids is 1. The molecule has 0 unspecified atom stereocenters. The topological polar surface area (TPSA) is 54.0 Å². The van der Waals surface area contributed by atoms with Crippen LogP contribution in [0.1, 0.15) is 15.9 Å². The first-order valence-electron chi connectivity index (χ1n) is 6.47. The van der Waals surface area contributed by atoms with E-state index in [1.54, 1.807) is 30.5 Å². The minimum Gasteiger partial charge on any atom is -0.380 e. The maximum Gasteiger partial charge on any atom is 0.257 e. The largest absolute Gasteiger partial charge is 0.380 e. The Morgan fingerprint density at radius 3 is 2.95 bits per heavy atom. The third-order valence-corrected chi connectivity index (χ3v) is 3.13. The average Bonchev–Trinajstić information content (AvgIpc) is 2.49. The molecular formula is C16H16ClN3O. The fraction of sp³-hybridized carbons (Fsp3) is 0.125. The Bertz CT molecular complexity index is 670. The maximum atomic E-state index is 12.3. The molecular weight excluding hydrogens is 286 g/mol. The molecule has 1 amide bonds. The minimum absolute atomic E-state index is 0.227. The lowest BCUT2D eigenvalue weighted by atomic mass is 10.2. The van der Waals surface area contributed by atoms with Crippen molar-refractivity contribution in [1.82, 2.24) is 4.98 Å². The number of carbonyl (C=O) groups is 1. The molecule has 2 aromatic rings. The molecule has 1 aromatic carbocycles. The fourth-order valence-corrected chi connectivity index (χ4v) is 1.95. The van der Waals surface area contributed by atoms with Gasteiger partial charge in [0.05, 0.1) is 11.3 Å². The van der Waals surface area contributed by atoms with Crippen LogP contribution in [0.25, 0.3) is 0 Å². The van der Waals surface area contributed by atoms with Gasteiger partial charge in [-0.3, -0.25) is 9.78 Å². The molecule has 0 aliphatic rings. The van der Waals surface area contributed by atoms with Crippen molar-refractivity contribution in [2.24, 2.45) is 0 Å². The molecule has 1 heterocycles. The average molecular weight is 302 g/mol. The van der Waals surface area contributed by atoms with E-state index in [2.05, 4.69) is 22.2 Å². The Morgan fingerprint density at radius 1 is 1.38 bits per heavy atom. The highest BCUT2D eigenvalue weighted by Gasteiger charge is 2.09. The van der Waals surface area contributed by atoms with Crippen LogP contribution in [0.15, 0.2) is 49.3 Å². The Morgan fingerprint density at radius 2 is 2.19 bits per heavy atom. The number of aryl methyl sites for hydroxylation is 1. The first-order chi connectivity index (χ1) is 10.1. The number of anilines is 2. The van der Waals surface area contributed by atoms with Crippen molar-refractivity contribution in [3.8, 4) is 0 Å². The van der Waals surface area contributed by atoms with E-state index in [9.17, 15) is 4.79 Å². The summed E-state index contributed by atoms with van der Waals surface area (Å²) < 4.78 is 0. The molecule has 0 fully saturated rings. The van der Waals surface area contributed by atoms with E-state index < -0.39 is 0 Å². The highest BCUT2D eigenvalue weighted by molar-refractivity contribution is 6.31. The predicted octanol–water partition coefficient (Wildman–Crippen LogP) is 3.89. The third kappa shape index (κ3) is 4.07. The van der Waals surface area contributed by atoms with Crippen LogP contribution in [-0.2, 0) is 0 Å². The van der Waals surface area contributed by atoms with Crippen LogP contribution in [0.3, 0.4) is 0 Å². The van der Waals surface area contributed by atoms with Crippen LogP contribution < -0.4 is 10.6 Å². The van der Waals surface area contributed by atoms with Gasteiger partial charge in [-0.05, 0) is 30.7 Å². The summed E-state index contributed by atoms with van der Waals surface area (Å²) in [6.07, 6.45) is 4.92. The number of amides is 1. The molecule has 0 bridgehead atoms. The second-order valence-electron chi connectivity index (χ2n) is 4.55. The number of benzene rings is 1. The molecule has 0 saturated carbocycles. The van der Waals surface area contributed by atoms with Crippen LogP contribution in [-0.4, -0.2) is 17.4 Å². The lowest BCUT2D eigenvalue weighted by molar-refractivity contribution is 0.102. The van der Waals surface area contributed by atoms with Crippen molar-refractivity contribution in [2.75, 3.05) is 17.2 Å². The molecule has 1 aromatic heterocycles. The molecule has 0 aliphatic carbocycles. The van der Waals surface area contributed by atoms with E-state index in [0.717, 1.165) is 11.3 Å². The predicted molar refractivity (Wildman–Crippen MR) is 87.1 cm³/mol. The Hall–Kier alpha value is -2.33. The summed E-state index contributed by atoms with van der Waals surface area (Å²) in [6, 6.07) is 7.11. The summed E-state index contributed by atoms with van der Waals surface area (Å²) in [7, 11) is 0. The number of halogens is 1. The monoisotopic (exact) mass is 301 g/mol. The third-order valence-electron chi connectivity index (χ3n) is 2.90. The van der Waals surface area contributed by atoms with Crippen LogP contribution >= 0.6 is 11.6 Å². The Labute approximate surface area is 128 Å². The molecule has 2 rings (SSSR count). The van der Waals surface area contributed by atoms with Crippen LogP contribution in [0, 0.1) is 6.92 Å². The highest BCUT2D eigenvalue weighted by atomic mass is 35.5. The molecule has 0 aliphatic heterocycles. The normalized spacial score (nSPS) is 10.0. The SMILES string of the molecule is C=CCNc1cncc(C(=O)Nc2cc(Cl)ccc2C)c1. The fourth-order valence-electron chi connectivity index (χ4n) is 1.77. The highest BCUT2D eigenvalue weighted by Crippen LogP contribution is 2.21. The molecule has 21 heavy (non-hydrogen) atoms. The summed E-state index contributed by atoms with van der Waals surface area (Å²) in [5, 5.41) is 6.51. The van der Waals surface area contributed by atoms with E-state index in [4.69, 9.17) is 11.6 Å². The van der Waals surface area contributed by atoms with Crippen molar-refractivity contribution in [1.29, 1.82) is 0 Å². The van der Waals surface area contributed by atoms with E-state index >= 15 is 0 Å². The number of hydrogen-bond donors (Lipinski definition) is 2. The van der Waals surface area contributed by atoms with Gasteiger partial charge in [-0.2, -0.15) is 0 Å². The lowest BCUT2D eigenvalue weighted by Crippen LogP contribution is -2.13. The van der Waals surface area contributed by atoms with E-state index in [1.165, 1.54) is 6.20 Å². The van der Waals surface area contributed by atoms with Gasteiger partial charge in [0.1, 0.15) is 0 Å². The summed E-state index contributed by atoms with van der Waals surface area (Å²) in [5.41, 5.74) is 2.88. The van der Waals surface area contributed by atoms with E-state index in [-0.39, 0.29) is 5.91 Å². The number of hydrogen-bond acceptors (Lipinski definition) is 3. The van der Waals surface area contributed by atoms with Crippen LogP contribution in [0.4, 0.5) is 11.4 Å². The molecule has 108 valence electrons. The molecule has 0 atom stereocenters. The quantitative estimate of drug-likeness (QED) is 0.824. The smallest absolute Gasteiger partial charge is 0.257 e. The van der Waals surface area contributed by atoms with Gasteiger partial charge in [0.2, 0.25) is 0 Å². The van der Waals surface area contributed by atoms with E-state index in [0.29, 0.717) is 22.8 Å². The molecule has 0 spiro atoms. The van der Waals surface area contributed by atoms with Crippen molar-refractivity contribution in [2.45, 2.75) is 6.92 Å². The molecule has 2 N–H and O–H groups in total. The van der Waals surface area contributed by atoms with Crippen LogP contribution in [0.2, 0.25) is 5.02 Å². The summed E-state index contributed by atoms with van der Waals surface area (Å²) >= 11 is 5.95. The summed E-state index contributed by atoms with van der Waals surface area (Å²) in [4.78, 5) is 16.3. The van der Waals surface area contributed by atoms with Crippen LogP contribution in [0.5, 0.6) is 0 Å². The number of aromatic nitrogens is 1. The first kappa shape index (κ1) is 15.1. The zero-order valence-corrected chi connectivity index (χ0v) is 12.4. The van der Waals surface area contributed by atoms with Gasteiger partial charge in [-0.15, -0.1) is 6.58 Å². The van der Waals surface area contributed by atoms with E-state index in [1.807, 2.05) is 13.0 Å². The Balaban J connectivity index is 2.16. The standard InChI is InChI=1S/C16H16ClN3O/c1-3-6-19-14-7-12(9-18-10-14)16(21)20-15-8-13(17)5-4-11(15)2/h3-5,7-10,19H,1,6H2,2H3,(H,20,21). The number of nitrogens with zero attached hydrogens (tertiary/aromatic N) is 1. The summed E-state index contributed by atoms with van der Waals surface area (Å²) in [6.45, 7) is 6.15. The van der Waals surface area contributed by atoms with Gasteiger partial charge in [0.15, 0.2) is 0 Å². The van der Waals surface area contributed by atoms with Gasteiger partial charge in [0.25, 0.3) is 5.91 Å². The number of rotatable bonds is 5. The van der Waals surface area contributed by atoms with Crippen molar-refractivity contribution < 1.29 is 4.79 Å². The van der Waals surface area contributed by atoms with Crippen molar-refractivity contribution >= 4 is 28.9 Å². The summed E-state index contributed by atoms with van der Waals surface area (Å²) in [5.74, 6) is -0.227. The molecule has 5 heteroatoms. The molecule has 4 nitrogen and oxygen atoms in total. The first-order valence-corrected chi connectivity index (χ1v) is 6.85. The van der Waals surface area contributed by atoms with Gasteiger partial charge in [-0.1, -0.05) is 23.7 Å². The van der Waals surface area contributed by atoms with Gasteiger partial charge < -0.3 is 10.6 Å². The zero-order chi connectivity index (χ0) is 15.2. The maximum absolute atomic E-state index is 12.3. The zero-order valence-electron chi connectivity index (χ0n) is 11.7. The molecule has 0 saturated heterocycles. The second-order valence-corrected chi connectivity index (χ2v) is 4.98. The van der Waals surface area contributed by atoms with Crippen molar-refractivity contribution in [3.05, 3.63) is 65.5 Å². The Kier molecular flexibility index (Phi) is 4.95. The number of nitrogens with one attached hydrogen (secondary N) is 2.